The molecule has 2 unspecified atom stereocenters. The Balaban J connectivity index is 2.20. The minimum Gasteiger partial charge on any atom is -0.327 e. The Kier molecular flexibility index (Phi) is 3.24. The second kappa shape index (κ2) is 4.45. The molecule has 2 heteroatoms. The maximum atomic E-state index is 6.15. The van der Waals surface area contributed by atoms with E-state index in [1.807, 2.05) is 0 Å². The number of nitrogens with two attached hydrogens (primary N) is 1. The summed E-state index contributed by atoms with van der Waals surface area (Å²) in [6, 6.07) is 8.92. The molecule has 1 nitrogen and oxygen atoms in total. The molecule has 2 rings (SSSR count). The third-order valence-corrected chi connectivity index (χ3v) is 3.59. The van der Waals surface area contributed by atoms with Crippen molar-refractivity contribution in [1.82, 2.24) is 0 Å². The number of hydrogen-bond acceptors (Lipinski definition) is 1. The molecule has 1 fully saturated rings. The Morgan fingerprint density at radius 1 is 1.21 bits per heavy atom. The van der Waals surface area contributed by atoms with Crippen LogP contribution in [0.2, 0.25) is 0 Å². The lowest BCUT2D eigenvalue weighted by Gasteiger charge is -2.29. The molecule has 0 aromatic heterocycles. The quantitative estimate of drug-likeness (QED) is 0.816. The molecule has 76 valence electrons. The molecule has 0 amide bonds. The standard InChI is InChI=1S/C12H16BrN/c13-10-5-3-4-9(8-10)11-6-1-2-7-12(11)14/h3-5,8,11-12H,1-2,6-7,14H2. The molecule has 1 aliphatic rings. The molecule has 0 spiro atoms. The monoisotopic (exact) mass is 253 g/mol. The summed E-state index contributed by atoms with van der Waals surface area (Å²) < 4.78 is 1.16. The van der Waals surface area contributed by atoms with E-state index in [9.17, 15) is 0 Å². The number of benzene rings is 1. The first-order valence-electron chi connectivity index (χ1n) is 5.28. The van der Waals surface area contributed by atoms with Gasteiger partial charge in [-0.25, -0.2) is 0 Å². The highest BCUT2D eigenvalue weighted by molar-refractivity contribution is 9.10. The maximum absolute atomic E-state index is 6.15. The molecule has 1 aliphatic carbocycles. The molecule has 0 saturated heterocycles. The van der Waals surface area contributed by atoms with Gasteiger partial charge in [-0.05, 0) is 36.5 Å². The van der Waals surface area contributed by atoms with Gasteiger partial charge in [-0.3, -0.25) is 0 Å². The fourth-order valence-corrected chi connectivity index (χ4v) is 2.73. The van der Waals surface area contributed by atoms with Gasteiger partial charge in [-0.15, -0.1) is 0 Å². The van der Waals surface area contributed by atoms with Crippen molar-refractivity contribution in [2.45, 2.75) is 37.6 Å². The van der Waals surface area contributed by atoms with Gasteiger partial charge in [0.1, 0.15) is 0 Å². The summed E-state index contributed by atoms with van der Waals surface area (Å²) in [4.78, 5) is 0. The topological polar surface area (TPSA) is 26.0 Å². The summed E-state index contributed by atoms with van der Waals surface area (Å²) in [5.41, 5.74) is 7.54. The van der Waals surface area contributed by atoms with E-state index in [2.05, 4.69) is 40.2 Å². The van der Waals surface area contributed by atoms with Gasteiger partial charge in [0.15, 0.2) is 0 Å². The Labute approximate surface area is 93.8 Å². The third-order valence-electron chi connectivity index (χ3n) is 3.10. The zero-order valence-corrected chi connectivity index (χ0v) is 9.83. The largest absolute Gasteiger partial charge is 0.327 e. The van der Waals surface area contributed by atoms with Crippen molar-refractivity contribution in [1.29, 1.82) is 0 Å². The average Bonchev–Trinajstić information content (AvgIpc) is 2.18. The number of rotatable bonds is 1. The minimum absolute atomic E-state index is 0.359. The van der Waals surface area contributed by atoms with Crippen LogP contribution in [0.5, 0.6) is 0 Å². The van der Waals surface area contributed by atoms with Crippen LogP contribution < -0.4 is 5.73 Å². The van der Waals surface area contributed by atoms with E-state index in [1.54, 1.807) is 0 Å². The van der Waals surface area contributed by atoms with Crippen LogP contribution >= 0.6 is 15.9 Å². The van der Waals surface area contributed by atoms with Crippen LogP contribution in [0.15, 0.2) is 28.7 Å². The smallest absolute Gasteiger partial charge is 0.0178 e. The van der Waals surface area contributed by atoms with E-state index in [4.69, 9.17) is 5.73 Å². The van der Waals surface area contributed by atoms with Gasteiger partial charge in [-0.2, -0.15) is 0 Å². The summed E-state index contributed by atoms with van der Waals surface area (Å²) in [6.07, 6.45) is 5.05. The van der Waals surface area contributed by atoms with Gasteiger partial charge in [0.25, 0.3) is 0 Å². The molecule has 0 aliphatic heterocycles. The van der Waals surface area contributed by atoms with Crippen LogP contribution in [-0.4, -0.2) is 6.04 Å². The lowest BCUT2D eigenvalue weighted by atomic mass is 9.80. The van der Waals surface area contributed by atoms with Crippen LogP contribution in [0.3, 0.4) is 0 Å². The van der Waals surface area contributed by atoms with Crippen molar-refractivity contribution in [3.05, 3.63) is 34.3 Å². The lowest BCUT2D eigenvalue weighted by molar-refractivity contribution is 0.385. The highest BCUT2D eigenvalue weighted by Crippen LogP contribution is 2.32. The minimum atomic E-state index is 0.359. The van der Waals surface area contributed by atoms with E-state index in [1.165, 1.54) is 31.2 Å². The van der Waals surface area contributed by atoms with E-state index in [-0.39, 0.29) is 0 Å². The predicted octanol–water partition coefficient (Wildman–Crippen LogP) is 3.43. The van der Waals surface area contributed by atoms with Crippen molar-refractivity contribution < 1.29 is 0 Å². The molecule has 0 radical (unpaired) electrons. The molecule has 1 aromatic carbocycles. The van der Waals surface area contributed by atoms with Crippen LogP contribution in [0, 0.1) is 0 Å². The van der Waals surface area contributed by atoms with Crippen molar-refractivity contribution >= 4 is 15.9 Å². The van der Waals surface area contributed by atoms with E-state index >= 15 is 0 Å². The van der Waals surface area contributed by atoms with Crippen LogP contribution in [-0.2, 0) is 0 Å². The number of halogens is 1. The molecule has 0 bridgehead atoms. The summed E-state index contributed by atoms with van der Waals surface area (Å²) >= 11 is 3.51. The summed E-state index contributed by atoms with van der Waals surface area (Å²) in [6.45, 7) is 0. The maximum Gasteiger partial charge on any atom is 0.0178 e. The van der Waals surface area contributed by atoms with Gasteiger partial charge >= 0.3 is 0 Å². The normalized spacial score (nSPS) is 27.6. The first-order valence-corrected chi connectivity index (χ1v) is 6.08. The molecule has 1 saturated carbocycles. The van der Waals surface area contributed by atoms with Gasteiger partial charge in [0.2, 0.25) is 0 Å². The highest BCUT2D eigenvalue weighted by atomic mass is 79.9. The SMILES string of the molecule is NC1CCCCC1c1cccc(Br)c1. The van der Waals surface area contributed by atoms with Crippen LogP contribution in [0.1, 0.15) is 37.2 Å². The molecule has 1 aromatic rings. The average molecular weight is 254 g/mol. The Morgan fingerprint density at radius 2 is 2.00 bits per heavy atom. The molecular weight excluding hydrogens is 238 g/mol. The molecule has 2 atom stereocenters. The van der Waals surface area contributed by atoms with E-state index in [0.717, 1.165) is 4.47 Å². The van der Waals surface area contributed by atoms with Crippen molar-refractivity contribution in [3.63, 3.8) is 0 Å². The molecule has 14 heavy (non-hydrogen) atoms. The van der Waals surface area contributed by atoms with E-state index in [0.29, 0.717) is 12.0 Å². The van der Waals surface area contributed by atoms with Crippen molar-refractivity contribution in [3.8, 4) is 0 Å². The first kappa shape index (κ1) is 10.2. The second-order valence-corrected chi connectivity index (χ2v) is 5.03. The fraction of sp³-hybridized carbons (Fsp3) is 0.500. The van der Waals surface area contributed by atoms with Crippen molar-refractivity contribution in [2.24, 2.45) is 5.73 Å². The summed E-state index contributed by atoms with van der Waals surface area (Å²) in [5.74, 6) is 0.571. The summed E-state index contributed by atoms with van der Waals surface area (Å²) in [5, 5.41) is 0. The van der Waals surface area contributed by atoms with Crippen molar-refractivity contribution in [2.75, 3.05) is 0 Å². The fourth-order valence-electron chi connectivity index (χ4n) is 2.31. The Morgan fingerprint density at radius 3 is 2.71 bits per heavy atom. The zero-order valence-electron chi connectivity index (χ0n) is 8.25. The van der Waals surface area contributed by atoms with Gasteiger partial charge < -0.3 is 5.73 Å². The summed E-state index contributed by atoms with van der Waals surface area (Å²) in [7, 11) is 0. The van der Waals surface area contributed by atoms with E-state index < -0.39 is 0 Å². The second-order valence-electron chi connectivity index (χ2n) is 4.11. The lowest BCUT2D eigenvalue weighted by Crippen LogP contribution is -2.31. The highest BCUT2D eigenvalue weighted by Gasteiger charge is 2.23. The Bertz CT molecular complexity index is 311. The van der Waals surface area contributed by atoms with Crippen LogP contribution in [0.25, 0.3) is 0 Å². The molecular formula is C12H16BrN. The zero-order chi connectivity index (χ0) is 9.97. The predicted molar refractivity (Wildman–Crippen MR) is 63.3 cm³/mol. The van der Waals surface area contributed by atoms with Gasteiger partial charge in [0.05, 0.1) is 0 Å². The molecule has 2 N–H and O–H groups in total. The third kappa shape index (κ3) is 2.18. The Hall–Kier alpha value is -0.340. The first-order chi connectivity index (χ1) is 6.77. The van der Waals surface area contributed by atoms with Gasteiger partial charge in [0, 0.05) is 10.5 Å². The number of hydrogen-bond donors (Lipinski definition) is 1. The van der Waals surface area contributed by atoms with Crippen LogP contribution in [0.4, 0.5) is 0 Å². The van der Waals surface area contributed by atoms with Gasteiger partial charge in [-0.1, -0.05) is 40.9 Å². The molecule has 0 heterocycles.